The third-order valence-electron chi connectivity index (χ3n) is 2.80. The summed E-state index contributed by atoms with van der Waals surface area (Å²) >= 11 is 0. The van der Waals surface area contributed by atoms with Gasteiger partial charge in [0.15, 0.2) is 0 Å². The van der Waals surface area contributed by atoms with E-state index in [1.54, 1.807) is 14.0 Å². The van der Waals surface area contributed by atoms with Crippen LogP contribution >= 0.6 is 0 Å². The molecule has 0 N–H and O–H groups in total. The third-order valence-corrected chi connectivity index (χ3v) is 2.80. The van der Waals surface area contributed by atoms with E-state index in [1.165, 1.54) is 0 Å². The molecule has 0 unspecified atom stereocenters. The van der Waals surface area contributed by atoms with Crippen LogP contribution in [-0.2, 0) is 16.6 Å². The van der Waals surface area contributed by atoms with Gasteiger partial charge in [0.05, 0.1) is 7.11 Å². The fourth-order valence-electron chi connectivity index (χ4n) is 2.07. The van der Waals surface area contributed by atoms with Gasteiger partial charge >= 0.3 is 0 Å². The largest absolute Gasteiger partial charge is 0.496 e. The van der Waals surface area contributed by atoms with Crippen molar-refractivity contribution >= 4 is 5.78 Å². The lowest BCUT2D eigenvalue weighted by Gasteiger charge is -2.24. The number of benzene rings is 1. The molecule has 94 valence electrons. The number of ketones is 1. The normalized spacial score (nSPS) is 11.4. The van der Waals surface area contributed by atoms with Gasteiger partial charge in [-0.25, -0.2) is 0 Å². The summed E-state index contributed by atoms with van der Waals surface area (Å²) < 4.78 is 5.48. The molecule has 0 fully saturated rings. The van der Waals surface area contributed by atoms with Crippen LogP contribution in [-0.4, -0.2) is 12.9 Å². The lowest BCUT2D eigenvalue weighted by molar-refractivity contribution is -0.116. The number of Topliss-reactive ketones (excluding diaryl/α,β-unsaturated/α-hetero) is 1. The van der Waals surface area contributed by atoms with Crippen LogP contribution in [0.25, 0.3) is 0 Å². The van der Waals surface area contributed by atoms with Crippen molar-refractivity contribution in [3.63, 3.8) is 0 Å². The molecule has 1 aromatic carbocycles. The maximum atomic E-state index is 11.2. The molecular formula is C15H22O2. The first-order valence-corrected chi connectivity index (χ1v) is 5.93. The van der Waals surface area contributed by atoms with Crippen LogP contribution in [0.4, 0.5) is 0 Å². The van der Waals surface area contributed by atoms with Crippen molar-refractivity contribution in [3.05, 3.63) is 28.8 Å². The number of aryl methyl sites for hydroxylation is 1. The molecule has 0 aliphatic carbocycles. The van der Waals surface area contributed by atoms with Crippen LogP contribution in [0, 0.1) is 6.92 Å². The number of rotatable bonds is 3. The standard InChI is InChI=1S/C15H22O2/c1-10-7-12(8-11(2)16)9-13(14(10)17-6)15(3,4)5/h7,9H,8H2,1-6H3. The Labute approximate surface area is 104 Å². The fraction of sp³-hybridized carbons (Fsp3) is 0.533. The van der Waals surface area contributed by atoms with Gasteiger partial charge in [0.25, 0.3) is 0 Å². The van der Waals surface area contributed by atoms with Gasteiger partial charge in [0, 0.05) is 12.0 Å². The molecule has 0 saturated carbocycles. The maximum Gasteiger partial charge on any atom is 0.134 e. The van der Waals surface area contributed by atoms with Crippen molar-refractivity contribution in [1.29, 1.82) is 0 Å². The zero-order valence-corrected chi connectivity index (χ0v) is 11.7. The van der Waals surface area contributed by atoms with Gasteiger partial charge in [-0.05, 0) is 30.4 Å². The van der Waals surface area contributed by atoms with Crippen LogP contribution in [0.2, 0.25) is 0 Å². The summed E-state index contributed by atoms with van der Waals surface area (Å²) in [6.07, 6.45) is 0.494. The van der Waals surface area contributed by atoms with Crippen LogP contribution in [0.15, 0.2) is 12.1 Å². The van der Waals surface area contributed by atoms with Crippen molar-refractivity contribution in [1.82, 2.24) is 0 Å². The van der Waals surface area contributed by atoms with Crippen LogP contribution < -0.4 is 4.74 Å². The maximum absolute atomic E-state index is 11.2. The van der Waals surface area contributed by atoms with Gasteiger partial charge in [-0.3, -0.25) is 4.79 Å². The fourth-order valence-corrected chi connectivity index (χ4v) is 2.07. The van der Waals surface area contributed by atoms with Gasteiger partial charge < -0.3 is 4.74 Å². The highest BCUT2D eigenvalue weighted by Gasteiger charge is 2.21. The van der Waals surface area contributed by atoms with E-state index in [4.69, 9.17) is 4.74 Å². The Hall–Kier alpha value is -1.31. The SMILES string of the molecule is COc1c(C)cc(CC(C)=O)cc1C(C)(C)C. The van der Waals surface area contributed by atoms with Gasteiger partial charge in [-0.2, -0.15) is 0 Å². The topological polar surface area (TPSA) is 26.3 Å². The smallest absolute Gasteiger partial charge is 0.134 e. The highest BCUT2D eigenvalue weighted by atomic mass is 16.5. The average Bonchev–Trinajstić information content (AvgIpc) is 2.14. The van der Waals surface area contributed by atoms with Crippen LogP contribution in [0.3, 0.4) is 0 Å². The van der Waals surface area contributed by atoms with Crippen molar-refractivity contribution in [2.24, 2.45) is 0 Å². The van der Waals surface area contributed by atoms with Crippen molar-refractivity contribution in [2.75, 3.05) is 7.11 Å². The molecule has 0 aliphatic rings. The predicted molar refractivity (Wildman–Crippen MR) is 70.8 cm³/mol. The third kappa shape index (κ3) is 3.32. The average molecular weight is 234 g/mol. The van der Waals surface area contributed by atoms with Gasteiger partial charge in [-0.1, -0.05) is 32.9 Å². The number of carbonyl (C=O) groups is 1. The van der Waals surface area contributed by atoms with Gasteiger partial charge in [-0.15, -0.1) is 0 Å². The number of hydrogen-bond donors (Lipinski definition) is 0. The Morgan fingerprint density at radius 2 is 1.88 bits per heavy atom. The second-order valence-corrected chi connectivity index (χ2v) is 5.62. The monoisotopic (exact) mass is 234 g/mol. The van der Waals surface area contributed by atoms with E-state index >= 15 is 0 Å². The molecule has 0 spiro atoms. The van der Waals surface area contributed by atoms with E-state index in [0.717, 1.165) is 22.4 Å². The summed E-state index contributed by atoms with van der Waals surface area (Å²) in [4.78, 5) is 11.2. The number of methoxy groups -OCH3 is 1. The minimum absolute atomic E-state index is 0.0168. The Balaban J connectivity index is 3.34. The molecule has 0 amide bonds. The zero-order valence-electron chi connectivity index (χ0n) is 11.7. The summed E-state index contributed by atoms with van der Waals surface area (Å²) in [6, 6.07) is 4.13. The van der Waals surface area contributed by atoms with Crippen LogP contribution in [0.5, 0.6) is 5.75 Å². The first-order chi connectivity index (χ1) is 7.75. The molecule has 1 aromatic rings. The first-order valence-electron chi connectivity index (χ1n) is 5.93. The molecule has 2 heteroatoms. The molecule has 0 bridgehead atoms. The van der Waals surface area contributed by atoms with E-state index < -0.39 is 0 Å². The number of carbonyl (C=O) groups excluding carboxylic acids is 1. The quantitative estimate of drug-likeness (QED) is 0.801. The number of ether oxygens (including phenoxy) is 1. The second-order valence-electron chi connectivity index (χ2n) is 5.62. The minimum atomic E-state index is 0.0168. The van der Waals surface area contributed by atoms with Gasteiger partial charge in [0.2, 0.25) is 0 Å². The Kier molecular flexibility index (Phi) is 3.97. The van der Waals surface area contributed by atoms with E-state index in [2.05, 4.69) is 26.8 Å². The summed E-state index contributed by atoms with van der Waals surface area (Å²) in [5.74, 6) is 1.12. The first kappa shape index (κ1) is 13.8. The van der Waals surface area contributed by atoms with Crippen molar-refractivity contribution in [2.45, 2.75) is 46.5 Å². The van der Waals surface area contributed by atoms with Gasteiger partial charge in [0.1, 0.15) is 11.5 Å². The van der Waals surface area contributed by atoms with E-state index in [-0.39, 0.29) is 11.2 Å². The Bertz CT molecular complexity index is 425. The molecule has 2 nitrogen and oxygen atoms in total. The molecule has 0 aromatic heterocycles. The molecule has 0 radical (unpaired) electrons. The summed E-state index contributed by atoms with van der Waals surface area (Å²) in [5, 5.41) is 0. The van der Waals surface area contributed by atoms with E-state index in [0.29, 0.717) is 6.42 Å². The minimum Gasteiger partial charge on any atom is -0.496 e. The molecule has 0 atom stereocenters. The highest BCUT2D eigenvalue weighted by Crippen LogP contribution is 2.34. The second kappa shape index (κ2) is 4.91. The van der Waals surface area contributed by atoms with Crippen LogP contribution in [0.1, 0.15) is 44.4 Å². The van der Waals surface area contributed by atoms with Crippen molar-refractivity contribution < 1.29 is 9.53 Å². The summed E-state index contributed by atoms with van der Waals surface area (Å²) in [7, 11) is 1.70. The Morgan fingerprint density at radius 1 is 1.29 bits per heavy atom. The predicted octanol–water partition coefficient (Wildman–Crippen LogP) is 3.43. The molecule has 17 heavy (non-hydrogen) atoms. The highest BCUT2D eigenvalue weighted by molar-refractivity contribution is 5.78. The molecular weight excluding hydrogens is 212 g/mol. The lowest BCUT2D eigenvalue weighted by Crippen LogP contribution is -2.14. The number of hydrogen-bond acceptors (Lipinski definition) is 2. The molecule has 0 heterocycles. The summed E-state index contributed by atoms with van der Waals surface area (Å²) in [5.41, 5.74) is 3.34. The lowest BCUT2D eigenvalue weighted by atomic mass is 9.83. The zero-order chi connectivity index (χ0) is 13.2. The van der Waals surface area contributed by atoms with Crippen molar-refractivity contribution in [3.8, 4) is 5.75 Å². The Morgan fingerprint density at radius 3 is 2.29 bits per heavy atom. The molecule has 1 rings (SSSR count). The molecule has 0 aliphatic heterocycles. The van der Waals surface area contributed by atoms with E-state index in [9.17, 15) is 4.79 Å². The summed E-state index contributed by atoms with van der Waals surface area (Å²) in [6.45, 7) is 10.1. The van der Waals surface area contributed by atoms with E-state index in [1.807, 2.05) is 13.0 Å². The molecule has 0 saturated heterocycles.